The number of aromatic nitrogens is 1. The van der Waals surface area contributed by atoms with Crippen LogP contribution in [0.5, 0.6) is 0 Å². The van der Waals surface area contributed by atoms with Crippen molar-refractivity contribution in [2.24, 2.45) is 5.41 Å². The lowest BCUT2D eigenvalue weighted by molar-refractivity contribution is 0.0928. The maximum Gasteiger partial charge on any atom is 0.252 e. The molecule has 0 aromatic carbocycles. The molecule has 0 atom stereocenters. The summed E-state index contributed by atoms with van der Waals surface area (Å²) in [6.07, 6.45) is 7.64. The summed E-state index contributed by atoms with van der Waals surface area (Å²) in [6, 6.07) is 1.66. The van der Waals surface area contributed by atoms with Crippen LogP contribution in [-0.4, -0.2) is 24.5 Å². The van der Waals surface area contributed by atoms with E-state index in [1.807, 2.05) is 0 Å². The molecule has 0 saturated heterocycles. The van der Waals surface area contributed by atoms with E-state index in [-0.39, 0.29) is 11.3 Å². The number of hydrogen-bond donors (Lipinski definition) is 2. The van der Waals surface area contributed by atoms with Crippen LogP contribution in [0.2, 0.25) is 5.02 Å². The number of hydrogen-bond acceptors (Lipinski definition) is 3. The second kappa shape index (κ2) is 6.44. The van der Waals surface area contributed by atoms with Gasteiger partial charge in [-0.1, -0.05) is 31.4 Å². The van der Waals surface area contributed by atoms with Gasteiger partial charge in [-0.05, 0) is 30.7 Å². The van der Waals surface area contributed by atoms with Crippen molar-refractivity contribution in [3.63, 3.8) is 0 Å². The van der Waals surface area contributed by atoms with Gasteiger partial charge in [-0.2, -0.15) is 0 Å². The Labute approximate surface area is 125 Å². The number of anilines is 1. The normalized spacial score (nSPS) is 16.9. The minimum atomic E-state index is -0.0956. The van der Waals surface area contributed by atoms with E-state index in [2.05, 4.69) is 22.5 Å². The molecule has 0 bridgehead atoms. The number of amides is 1. The molecule has 4 nitrogen and oxygen atoms in total. The molecule has 1 amide bonds. The third-order valence-corrected chi connectivity index (χ3v) is 4.67. The first-order valence-corrected chi connectivity index (χ1v) is 7.59. The van der Waals surface area contributed by atoms with Crippen LogP contribution < -0.4 is 10.6 Å². The van der Waals surface area contributed by atoms with Crippen molar-refractivity contribution < 1.29 is 4.79 Å². The molecule has 2 N–H and O–H groups in total. The Bertz CT molecular complexity index is 484. The Balaban J connectivity index is 1.99. The van der Waals surface area contributed by atoms with Crippen molar-refractivity contribution in [1.82, 2.24) is 10.3 Å². The van der Waals surface area contributed by atoms with Crippen molar-refractivity contribution in [2.45, 2.75) is 39.0 Å². The first-order chi connectivity index (χ1) is 9.60. The van der Waals surface area contributed by atoms with Gasteiger partial charge in [-0.3, -0.25) is 4.79 Å². The van der Waals surface area contributed by atoms with Gasteiger partial charge < -0.3 is 10.6 Å². The summed E-state index contributed by atoms with van der Waals surface area (Å²) in [7, 11) is 1.75. The smallest absolute Gasteiger partial charge is 0.252 e. The predicted molar refractivity (Wildman–Crippen MR) is 82.3 cm³/mol. The molecule has 0 aliphatic heterocycles. The second-order valence-corrected chi connectivity index (χ2v) is 5.95. The molecular weight excluding hydrogens is 274 g/mol. The van der Waals surface area contributed by atoms with Crippen LogP contribution >= 0.6 is 11.6 Å². The minimum Gasteiger partial charge on any atom is -0.372 e. The first-order valence-electron chi connectivity index (χ1n) is 7.22. The Morgan fingerprint density at radius 2 is 2.15 bits per heavy atom. The molecule has 20 heavy (non-hydrogen) atoms. The zero-order valence-electron chi connectivity index (χ0n) is 12.1. The lowest BCUT2D eigenvalue weighted by Crippen LogP contribution is -2.35. The number of carbonyl (C=O) groups excluding carboxylic acids is 1. The monoisotopic (exact) mass is 295 g/mol. The highest BCUT2D eigenvalue weighted by Crippen LogP contribution is 2.40. The van der Waals surface area contributed by atoms with Crippen LogP contribution in [-0.2, 0) is 0 Å². The molecule has 110 valence electrons. The Morgan fingerprint density at radius 3 is 2.70 bits per heavy atom. The van der Waals surface area contributed by atoms with E-state index in [1.165, 1.54) is 25.7 Å². The van der Waals surface area contributed by atoms with Gasteiger partial charge in [0.1, 0.15) is 5.82 Å². The number of halogens is 1. The average Bonchev–Trinajstić information content (AvgIpc) is 2.94. The Kier molecular flexibility index (Phi) is 4.86. The molecule has 1 aliphatic rings. The highest BCUT2D eigenvalue weighted by Gasteiger charge is 2.32. The Morgan fingerprint density at radius 1 is 1.45 bits per heavy atom. The van der Waals surface area contributed by atoms with Crippen molar-refractivity contribution >= 4 is 23.3 Å². The van der Waals surface area contributed by atoms with Crippen molar-refractivity contribution in [3.05, 3.63) is 22.8 Å². The predicted octanol–water partition coefficient (Wildman–Crippen LogP) is 3.48. The maximum atomic E-state index is 12.2. The molecule has 2 rings (SSSR count). The summed E-state index contributed by atoms with van der Waals surface area (Å²) in [5, 5.41) is 6.38. The van der Waals surface area contributed by atoms with Crippen LogP contribution in [0.4, 0.5) is 5.82 Å². The molecule has 1 saturated carbocycles. The highest BCUT2D eigenvalue weighted by molar-refractivity contribution is 6.33. The van der Waals surface area contributed by atoms with Gasteiger partial charge >= 0.3 is 0 Å². The SMILES string of the molecule is CCC1(CNC(=O)c2cnc(NC)c(Cl)c2)CCCC1. The lowest BCUT2D eigenvalue weighted by atomic mass is 9.83. The van der Waals surface area contributed by atoms with Gasteiger partial charge in [-0.25, -0.2) is 4.98 Å². The number of carbonyl (C=O) groups is 1. The van der Waals surface area contributed by atoms with E-state index in [9.17, 15) is 4.79 Å². The molecule has 1 fully saturated rings. The molecular formula is C15H22ClN3O. The number of rotatable bonds is 5. The van der Waals surface area contributed by atoms with E-state index >= 15 is 0 Å². The van der Waals surface area contributed by atoms with Gasteiger partial charge in [0, 0.05) is 19.8 Å². The molecule has 1 aromatic heterocycles. The van der Waals surface area contributed by atoms with Crippen LogP contribution in [0.15, 0.2) is 12.3 Å². The molecule has 0 radical (unpaired) electrons. The zero-order chi connectivity index (χ0) is 14.6. The zero-order valence-corrected chi connectivity index (χ0v) is 12.9. The fourth-order valence-corrected chi connectivity index (χ4v) is 3.16. The summed E-state index contributed by atoms with van der Waals surface area (Å²) in [6.45, 7) is 2.95. The van der Waals surface area contributed by atoms with Crippen molar-refractivity contribution in [2.75, 3.05) is 18.9 Å². The van der Waals surface area contributed by atoms with Crippen LogP contribution in [0.25, 0.3) is 0 Å². The molecule has 1 heterocycles. The largest absolute Gasteiger partial charge is 0.372 e. The average molecular weight is 296 g/mol. The highest BCUT2D eigenvalue weighted by atomic mass is 35.5. The molecule has 0 unspecified atom stereocenters. The number of nitrogens with zero attached hydrogens (tertiary/aromatic N) is 1. The molecule has 0 spiro atoms. The standard InChI is InChI=1S/C15H22ClN3O/c1-3-15(6-4-5-7-15)10-19-14(20)11-8-12(16)13(17-2)18-9-11/h8-9H,3-7,10H2,1-2H3,(H,17,18)(H,19,20). The Hall–Kier alpha value is -1.29. The van der Waals surface area contributed by atoms with Gasteiger partial charge in [0.25, 0.3) is 5.91 Å². The van der Waals surface area contributed by atoms with E-state index in [4.69, 9.17) is 11.6 Å². The van der Waals surface area contributed by atoms with Crippen LogP contribution in [0.1, 0.15) is 49.4 Å². The summed E-state index contributed by atoms with van der Waals surface area (Å²) in [5.41, 5.74) is 0.802. The lowest BCUT2D eigenvalue weighted by Gasteiger charge is -2.27. The van der Waals surface area contributed by atoms with E-state index in [0.717, 1.165) is 13.0 Å². The fourth-order valence-electron chi connectivity index (χ4n) is 2.90. The topological polar surface area (TPSA) is 54.0 Å². The van der Waals surface area contributed by atoms with Crippen LogP contribution in [0, 0.1) is 5.41 Å². The van der Waals surface area contributed by atoms with Crippen molar-refractivity contribution in [1.29, 1.82) is 0 Å². The van der Waals surface area contributed by atoms with E-state index in [0.29, 0.717) is 16.4 Å². The fraction of sp³-hybridized carbons (Fsp3) is 0.600. The van der Waals surface area contributed by atoms with E-state index < -0.39 is 0 Å². The maximum absolute atomic E-state index is 12.2. The number of pyridine rings is 1. The second-order valence-electron chi connectivity index (χ2n) is 5.55. The van der Waals surface area contributed by atoms with Crippen molar-refractivity contribution in [3.8, 4) is 0 Å². The molecule has 1 aromatic rings. The summed E-state index contributed by atoms with van der Waals surface area (Å²) >= 11 is 6.05. The molecule has 5 heteroatoms. The summed E-state index contributed by atoms with van der Waals surface area (Å²) in [4.78, 5) is 16.3. The third kappa shape index (κ3) is 3.23. The molecule has 1 aliphatic carbocycles. The quantitative estimate of drug-likeness (QED) is 0.874. The van der Waals surface area contributed by atoms with Gasteiger partial charge in [0.2, 0.25) is 0 Å². The number of nitrogens with one attached hydrogen (secondary N) is 2. The van der Waals surface area contributed by atoms with Gasteiger partial charge in [-0.15, -0.1) is 0 Å². The summed E-state index contributed by atoms with van der Waals surface area (Å²) < 4.78 is 0. The third-order valence-electron chi connectivity index (χ3n) is 4.38. The van der Waals surface area contributed by atoms with Gasteiger partial charge in [0.15, 0.2) is 0 Å². The first kappa shape index (κ1) is 15.1. The summed E-state index contributed by atoms with van der Waals surface area (Å²) in [5.74, 6) is 0.491. The minimum absolute atomic E-state index is 0.0956. The van der Waals surface area contributed by atoms with Gasteiger partial charge in [0.05, 0.1) is 10.6 Å². The van der Waals surface area contributed by atoms with Crippen LogP contribution in [0.3, 0.4) is 0 Å². The van der Waals surface area contributed by atoms with E-state index in [1.54, 1.807) is 19.3 Å².